The third-order valence-corrected chi connectivity index (χ3v) is 2.07. The van der Waals surface area contributed by atoms with Crippen LogP contribution in [0.25, 0.3) is 0 Å². The van der Waals surface area contributed by atoms with Gasteiger partial charge in [-0.25, -0.2) is 0 Å². The van der Waals surface area contributed by atoms with E-state index in [1.807, 2.05) is 0 Å². The Bertz CT molecular complexity index is 154. The summed E-state index contributed by atoms with van der Waals surface area (Å²) in [5, 5.41) is 28.1. The standard InChI is InChI=1S/C7H14O5/c1-7(10)5(9)4(8)3-12-6(7)11-2/h4-6,8-10H,3H2,1-2H3/t4-,5+,6-,7-/m1/s1. The number of rotatable bonds is 1. The molecule has 12 heavy (non-hydrogen) atoms. The highest BCUT2D eigenvalue weighted by Crippen LogP contribution is 2.26. The van der Waals surface area contributed by atoms with Crippen molar-refractivity contribution >= 4 is 0 Å². The van der Waals surface area contributed by atoms with Crippen LogP contribution in [0.2, 0.25) is 0 Å². The molecule has 1 saturated heterocycles. The van der Waals surface area contributed by atoms with E-state index in [9.17, 15) is 10.2 Å². The second kappa shape index (κ2) is 3.27. The lowest BCUT2D eigenvalue weighted by Crippen LogP contribution is -2.61. The number of methoxy groups -OCH3 is 1. The minimum atomic E-state index is -1.56. The van der Waals surface area contributed by atoms with Crippen molar-refractivity contribution in [3.63, 3.8) is 0 Å². The van der Waals surface area contributed by atoms with Gasteiger partial charge in [-0.15, -0.1) is 0 Å². The second-order valence-electron chi connectivity index (χ2n) is 3.14. The minimum absolute atomic E-state index is 0.0319. The zero-order chi connectivity index (χ0) is 9.35. The van der Waals surface area contributed by atoms with E-state index in [0.717, 1.165) is 0 Å². The lowest BCUT2D eigenvalue weighted by molar-refractivity contribution is -0.303. The SMILES string of the molecule is CO[C@@H]1OC[C@@H](O)[C@H](O)[C@@]1(C)O. The Morgan fingerprint density at radius 2 is 2.08 bits per heavy atom. The van der Waals surface area contributed by atoms with E-state index < -0.39 is 24.1 Å². The molecule has 0 spiro atoms. The van der Waals surface area contributed by atoms with Crippen molar-refractivity contribution in [1.29, 1.82) is 0 Å². The molecule has 1 heterocycles. The van der Waals surface area contributed by atoms with Crippen LogP contribution in [0.3, 0.4) is 0 Å². The molecule has 0 saturated carbocycles. The van der Waals surface area contributed by atoms with Crippen LogP contribution in [0.1, 0.15) is 6.92 Å². The summed E-state index contributed by atoms with van der Waals surface area (Å²) in [7, 11) is 1.36. The summed E-state index contributed by atoms with van der Waals surface area (Å²) >= 11 is 0. The van der Waals surface area contributed by atoms with E-state index in [-0.39, 0.29) is 6.61 Å². The predicted molar refractivity (Wildman–Crippen MR) is 39.4 cm³/mol. The average molecular weight is 178 g/mol. The molecule has 0 unspecified atom stereocenters. The fourth-order valence-corrected chi connectivity index (χ4v) is 1.28. The van der Waals surface area contributed by atoms with E-state index in [2.05, 4.69) is 0 Å². The molecule has 1 fully saturated rings. The minimum Gasteiger partial charge on any atom is -0.388 e. The van der Waals surface area contributed by atoms with Crippen molar-refractivity contribution in [1.82, 2.24) is 0 Å². The Hall–Kier alpha value is -0.200. The molecule has 0 aromatic rings. The molecule has 0 aromatic carbocycles. The number of hydrogen-bond acceptors (Lipinski definition) is 5. The molecule has 5 heteroatoms. The highest BCUT2D eigenvalue weighted by Gasteiger charge is 2.47. The molecule has 0 aliphatic carbocycles. The first kappa shape index (κ1) is 9.88. The first-order chi connectivity index (χ1) is 5.50. The zero-order valence-electron chi connectivity index (χ0n) is 7.10. The summed E-state index contributed by atoms with van der Waals surface area (Å²) in [6.45, 7) is 1.32. The Labute approximate surface area is 70.5 Å². The van der Waals surface area contributed by atoms with Gasteiger partial charge in [0.1, 0.15) is 17.8 Å². The molecule has 0 bridgehead atoms. The maximum Gasteiger partial charge on any atom is 0.188 e. The van der Waals surface area contributed by atoms with Crippen LogP contribution in [0.4, 0.5) is 0 Å². The van der Waals surface area contributed by atoms with Crippen molar-refractivity contribution < 1.29 is 24.8 Å². The quantitative estimate of drug-likeness (QED) is 0.453. The zero-order valence-corrected chi connectivity index (χ0v) is 7.10. The molecule has 1 aliphatic heterocycles. The van der Waals surface area contributed by atoms with E-state index in [0.29, 0.717) is 0 Å². The number of hydrogen-bond donors (Lipinski definition) is 3. The Morgan fingerprint density at radius 1 is 1.50 bits per heavy atom. The van der Waals surface area contributed by atoms with Crippen molar-refractivity contribution in [3.8, 4) is 0 Å². The molecule has 0 radical (unpaired) electrons. The highest BCUT2D eigenvalue weighted by molar-refractivity contribution is 4.93. The van der Waals surface area contributed by atoms with E-state index in [1.54, 1.807) is 0 Å². The van der Waals surface area contributed by atoms with Gasteiger partial charge in [0, 0.05) is 7.11 Å². The topological polar surface area (TPSA) is 79.2 Å². The van der Waals surface area contributed by atoms with Crippen LogP contribution in [-0.2, 0) is 9.47 Å². The van der Waals surface area contributed by atoms with Gasteiger partial charge in [-0.2, -0.15) is 0 Å². The monoisotopic (exact) mass is 178 g/mol. The van der Waals surface area contributed by atoms with Crippen LogP contribution in [0, 0.1) is 0 Å². The fourth-order valence-electron chi connectivity index (χ4n) is 1.28. The maximum atomic E-state index is 9.61. The van der Waals surface area contributed by atoms with Gasteiger partial charge in [-0.3, -0.25) is 0 Å². The Balaban J connectivity index is 2.73. The molecule has 4 atom stereocenters. The first-order valence-corrected chi connectivity index (χ1v) is 3.73. The molecule has 72 valence electrons. The molecule has 1 aliphatic rings. The van der Waals surface area contributed by atoms with Gasteiger partial charge in [0.25, 0.3) is 0 Å². The van der Waals surface area contributed by atoms with Crippen LogP contribution in [0.5, 0.6) is 0 Å². The summed E-state index contributed by atoms with van der Waals surface area (Å²) in [6, 6.07) is 0. The fraction of sp³-hybridized carbons (Fsp3) is 1.00. The Kier molecular flexibility index (Phi) is 2.70. The summed E-state index contributed by atoms with van der Waals surface area (Å²) in [5.74, 6) is 0. The number of aliphatic hydroxyl groups is 3. The molecular weight excluding hydrogens is 164 g/mol. The van der Waals surface area contributed by atoms with Gasteiger partial charge in [-0.05, 0) is 6.92 Å². The van der Waals surface area contributed by atoms with Gasteiger partial charge >= 0.3 is 0 Å². The Morgan fingerprint density at radius 3 is 2.58 bits per heavy atom. The van der Waals surface area contributed by atoms with E-state index in [1.165, 1.54) is 14.0 Å². The molecule has 3 N–H and O–H groups in total. The molecule has 1 rings (SSSR count). The van der Waals surface area contributed by atoms with Gasteiger partial charge < -0.3 is 24.8 Å². The van der Waals surface area contributed by atoms with Gasteiger partial charge in [0.15, 0.2) is 6.29 Å². The van der Waals surface area contributed by atoms with Crippen molar-refractivity contribution in [2.24, 2.45) is 0 Å². The van der Waals surface area contributed by atoms with Gasteiger partial charge in [-0.1, -0.05) is 0 Å². The average Bonchev–Trinajstić information content (AvgIpc) is 2.01. The summed E-state index contributed by atoms with van der Waals surface area (Å²) < 4.78 is 9.72. The largest absolute Gasteiger partial charge is 0.388 e. The van der Waals surface area contributed by atoms with Crippen molar-refractivity contribution in [2.75, 3.05) is 13.7 Å². The van der Waals surface area contributed by atoms with Crippen LogP contribution < -0.4 is 0 Å². The lowest BCUT2D eigenvalue weighted by atomic mass is 9.92. The summed E-state index contributed by atoms with van der Waals surface area (Å²) in [6.07, 6.45) is -3.20. The third kappa shape index (κ3) is 1.46. The van der Waals surface area contributed by atoms with Crippen LogP contribution in [-0.4, -0.2) is 53.1 Å². The molecular formula is C7H14O5. The maximum absolute atomic E-state index is 9.61. The predicted octanol–water partition coefficient (Wildman–Crippen LogP) is -1.54. The van der Waals surface area contributed by atoms with Gasteiger partial charge in [0.2, 0.25) is 0 Å². The summed E-state index contributed by atoms with van der Waals surface area (Å²) in [5.41, 5.74) is -1.56. The highest BCUT2D eigenvalue weighted by atomic mass is 16.7. The summed E-state index contributed by atoms with van der Waals surface area (Å²) in [4.78, 5) is 0. The first-order valence-electron chi connectivity index (χ1n) is 3.73. The van der Waals surface area contributed by atoms with Crippen LogP contribution >= 0.6 is 0 Å². The smallest absolute Gasteiger partial charge is 0.188 e. The molecule has 5 nitrogen and oxygen atoms in total. The van der Waals surface area contributed by atoms with Crippen molar-refractivity contribution in [3.05, 3.63) is 0 Å². The number of aliphatic hydroxyl groups excluding tert-OH is 2. The normalized spacial score (nSPS) is 49.2. The lowest BCUT2D eigenvalue weighted by Gasteiger charge is -2.41. The van der Waals surface area contributed by atoms with Gasteiger partial charge in [0.05, 0.1) is 6.61 Å². The molecule has 0 aromatic heterocycles. The van der Waals surface area contributed by atoms with E-state index >= 15 is 0 Å². The second-order valence-corrected chi connectivity index (χ2v) is 3.14. The van der Waals surface area contributed by atoms with Crippen LogP contribution in [0.15, 0.2) is 0 Å². The van der Waals surface area contributed by atoms with Crippen molar-refractivity contribution in [2.45, 2.75) is 31.0 Å². The molecule has 0 amide bonds. The van der Waals surface area contributed by atoms with E-state index in [4.69, 9.17) is 14.6 Å². The number of ether oxygens (including phenoxy) is 2. The third-order valence-electron chi connectivity index (χ3n) is 2.07.